The van der Waals surface area contributed by atoms with Gasteiger partial charge in [0.2, 0.25) is 0 Å². The molecule has 1 heterocycles. The summed E-state index contributed by atoms with van der Waals surface area (Å²) in [5.41, 5.74) is 0. The number of carbonyl (C=O) groups is 3. The first kappa shape index (κ1) is 18.4. The lowest BCUT2D eigenvalue weighted by Gasteiger charge is -2.27. The second-order valence-electron chi connectivity index (χ2n) is 5.63. The van der Waals surface area contributed by atoms with Gasteiger partial charge in [0, 0.05) is 19.1 Å². The molecule has 0 radical (unpaired) electrons. The average molecular weight is 315 g/mol. The van der Waals surface area contributed by atoms with Crippen LogP contribution >= 0.6 is 0 Å². The van der Waals surface area contributed by atoms with Crippen LogP contribution in [0, 0.1) is 0 Å². The monoisotopic (exact) mass is 315 g/mol. The summed E-state index contributed by atoms with van der Waals surface area (Å²) in [4.78, 5) is 37.8. The first-order valence-electron chi connectivity index (χ1n) is 7.69. The van der Waals surface area contributed by atoms with Gasteiger partial charge in [0.25, 0.3) is 11.8 Å². The van der Waals surface area contributed by atoms with Gasteiger partial charge in [0.15, 0.2) is 13.1 Å². The maximum atomic E-state index is 12.0. The van der Waals surface area contributed by atoms with Crippen molar-refractivity contribution in [3.8, 4) is 0 Å². The van der Waals surface area contributed by atoms with Crippen molar-refractivity contribution in [1.82, 2.24) is 15.5 Å². The largest absolute Gasteiger partial charge is 0.378 e. The summed E-state index contributed by atoms with van der Waals surface area (Å²) in [7, 11) is 1.75. The fourth-order valence-electron chi connectivity index (χ4n) is 2.05. The molecule has 0 aromatic rings. The molecule has 1 fully saturated rings. The Labute approximate surface area is 131 Å². The van der Waals surface area contributed by atoms with Crippen LogP contribution in [0.3, 0.4) is 0 Å². The Morgan fingerprint density at radius 3 is 2.45 bits per heavy atom. The van der Waals surface area contributed by atoms with E-state index in [0.29, 0.717) is 26.3 Å². The third-order valence-corrected chi connectivity index (χ3v) is 3.52. The highest BCUT2D eigenvalue weighted by Gasteiger charge is 2.22. The maximum Gasteiger partial charge on any atom is 0.321 e. The number of ether oxygens (including phenoxy) is 1. The van der Waals surface area contributed by atoms with E-state index in [1.807, 2.05) is 13.8 Å². The standard InChI is InChI=1S/C14H26N4O4/c1-4-11(2)15-14(21)16-12(19)9-17(3)10-13(20)18-5-7-22-8-6-18/h11H,4-10H2,1-3H3,(H2,15,16,19,21)/p+1/t11-/m0/s1. The topological polar surface area (TPSA) is 92.2 Å². The summed E-state index contributed by atoms with van der Waals surface area (Å²) < 4.78 is 5.19. The predicted octanol–water partition coefficient (Wildman–Crippen LogP) is -2.02. The lowest BCUT2D eigenvalue weighted by Crippen LogP contribution is -3.11. The molecule has 0 aliphatic carbocycles. The molecule has 0 saturated carbocycles. The molecule has 0 spiro atoms. The van der Waals surface area contributed by atoms with Crippen LogP contribution in [-0.2, 0) is 14.3 Å². The highest BCUT2D eigenvalue weighted by molar-refractivity contribution is 5.94. The second kappa shape index (κ2) is 9.37. The summed E-state index contributed by atoms with van der Waals surface area (Å²) in [6.07, 6.45) is 0.792. The number of nitrogens with one attached hydrogen (secondary N) is 3. The molecule has 2 atom stereocenters. The highest BCUT2D eigenvalue weighted by atomic mass is 16.5. The molecule has 8 nitrogen and oxygen atoms in total. The van der Waals surface area contributed by atoms with E-state index in [-0.39, 0.29) is 25.0 Å². The zero-order valence-corrected chi connectivity index (χ0v) is 13.6. The average Bonchev–Trinajstić information content (AvgIpc) is 2.47. The fourth-order valence-corrected chi connectivity index (χ4v) is 2.05. The molecular weight excluding hydrogens is 288 g/mol. The summed E-state index contributed by atoms with van der Waals surface area (Å²) in [6, 6.07) is -0.479. The highest BCUT2D eigenvalue weighted by Crippen LogP contribution is 1.95. The molecule has 8 heteroatoms. The number of urea groups is 1. The van der Waals surface area contributed by atoms with Crippen molar-refractivity contribution >= 4 is 17.8 Å². The summed E-state index contributed by atoms with van der Waals surface area (Å²) >= 11 is 0. The molecule has 3 N–H and O–H groups in total. The van der Waals surface area contributed by atoms with Crippen LogP contribution < -0.4 is 15.5 Å². The fraction of sp³-hybridized carbons (Fsp3) is 0.786. The zero-order chi connectivity index (χ0) is 16.5. The Morgan fingerprint density at radius 2 is 1.86 bits per heavy atom. The minimum Gasteiger partial charge on any atom is -0.378 e. The van der Waals surface area contributed by atoms with Crippen LogP contribution in [0.5, 0.6) is 0 Å². The van der Waals surface area contributed by atoms with E-state index in [9.17, 15) is 14.4 Å². The number of amides is 4. The number of likely N-dealkylation sites (N-methyl/N-ethyl adjacent to an activating group) is 1. The van der Waals surface area contributed by atoms with Crippen LogP contribution in [0.4, 0.5) is 4.79 Å². The minimum atomic E-state index is -0.494. The van der Waals surface area contributed by atoms with E-state index in [2.05, 4.69) is 10.6 Å². The van der Waals surface area contributed by atoms with Gasteiger partial charge in [-0.25, -0.2) is 4.79 Å². The van der Waals surface area contributed by atoms with Gasteiger partial charge < -0.3 is 19.9 Å². The maximum absolute atomic E-state index is 12.0. The molecule has 0 aromatic carbocycles. The lowest BCUT2D eigenvalue weighted by molar-refractivity contribution is -0.862. The Bertz CT molecular complexity index is 396. The van der Waals surface area contributed by atoms with Gasteiger partial charge in [-0.15, -0.1) is 0 Å². The Hall–Kier alpha value is -1.67. The number of hydrogen-bond donors (Lipinski definition) is 3. The van der Waals surface area contributed by atoms with E-state index < -0.39 is 11.9 Å². The summed E-state index contributed by atoms with van der Waals surface area (Å²) in [6.45, 7) is 6.40. The normalized spacial score (nSPS) is 17.5. The van der Waals surface area contributed by atoms with Crippen molar-refractivity contribution < 1.29 is 24.0 Å². The molecule has 1 rings (SSSR count). The summed E-state index contributed by atoms with van der Waals surface area (Å²) in [5, 5.41) is 4.93. The third kappa shape index (κ3) is 6.86. The number of quaternary nitrogens is 1. The molecule has 0 bridgehead atoms. The van der Waals surface area contributed by atoms with Crippen molar-refractivity contribution in [3.05, 3.63) is 0 Å². The third-order valence-electron chi connectivity index (χ3n) is 3.52. The van der Waals surface area contributed by atoms with Crippen molar-refractivity contribution in [1.29, 1.82) is 0 Å². The van der Waals surface area contributed by atoms with Gasteiger partial charge >= 0.3 is 6.03 Å². The number of rotatable bonds is 6. The van der Waals surface area contributed by atoms with Gasteiger partial charge in [-0.2, -0.15) is 0 Å². The number of carbonyl (C=O) groups excluding carboxylic acids is 3. The number of morpholine rings is 1. The number of nitrogens with zero attached hydrogens (tertiary/aromatic N) is 1. The molecule has 4 amide bonds. The van der Waals surface area contributed by atoms with Crippen molar-refractivity contribution in [2.75, 3.05) is 46.4 Å². The van der Waals surface area contributed by atoms with Crippen molar-refractivity contribution in [2.45, 2.75) is 26.3 Å². The second-order valence-corrected chi connectivity index (χ2v) is 5.63. The van der Waals surface area contributed by atoms with Crippen LogP contribution in [0.15, 0.2) is 0 Å². The first-order valence-corrected chi connectivity index (χ1v) is 7.69. The molecule has 1 unspecified atom stereocenters. The van der Waals surface area contributed by atoms with E-state index >= 15 is 0 Å². The van der Waals surface area contributed by atoms with Crippen LogP contribution in [0.2, 0.25) is 0 Å². The minimum absolute atomic E-state index is 0.00217. The van der Waals surface area contributed by atoms with Gasteiger partial charge in [-0.05, 0) is 13.3 Å². The molecule has 1 saturated heterocycles. The molecule has 1 aliphatic heterocycles. The summed E-state index contributed by atoms with van der Waals surface area (Å²) in [5.74, 6) is -0.397. The molecular formula is C14H27N4O4+. The lowest BCUT2D eigenvalue weighted by atomic mass is 10.3. The molecule has 1 aliphatic rings. The first-order chi connectivity index (χ1) is 10.4. The van der Waals surface area contributed by atoms with Gasteiger partial charge in [-0.1, -0.05) is 6.92 Å². The predicted molar refractivity (Wildman–Crippen MR) is 80.4 cm³/mol. The zero-order valence-electron chi connectivity index (χ0n) is 13.6. The Morgan fingerprint density at radius 1 is 1.23 bits per heavy atom. The van der Waals surface area contributed by atoms with Crippen LogP contribution in [-0.4, -0.2) is 75.2 Å². The van der Waals surface area contributed by atoms with Crippen molar-refractivity contribution in [2.24, 2.45) is 0 Å². The van der Waals surface area contributed by atoms with E-state index in [1.165, 1.54) is 0 Å². The number of imide groups is 1. The van der Waals surface area contributed by atoms with Crippen molar-refractivity contribution in [3.63, 3.8) is 0 Å². The molecule has 0 aromatic heterocycles. The smallest absolute Gasteiger partial charge is 0.321 e. The van der Waals surface area contributed by atoms with E-state index in [1.54, 1.807) is 11.9 Å². The SMILES string of the molecule is CC[C@H](C)NC(=O)NC(=O)C[NH+](C)CC(=O)N1CCOCC1. The Balaban J connectivity index is 2.28. The van der Waals surface area contributed by atoms with Gasteiger partial charge in [-0.3, -0.25) is 14.9 Å². The van der Waals surface area contributed by atoms with Crippen LogP contribution in [0.1, 0.15) is 20.3 Å². The molecule has 126 valence electrons. The number of hydrogen-bond acceptors (Lipinski definition) is 4. The Kier molecular flexibility index (Phi) is 7.83. The van der Waals surface area contributed by atoms with Gasteiger partial charge in [0.05, 0.1) is 20.3 Å². The van der Waals surface area contributed by atoms with Crippen LogP contribution in [0.25, 0.3) is 0 Å². The van der Waals surface area contributed by atoms with Gasteiger partial charge in [0.1, 0.15) is 0 Å². The quantitative estimate of drug-likeness (QED) is 0.528. The van der Waals surface area contributed by atoms with E-state index in [0.717, 1.165) is 11.3 Å². The molecule has 22 heavy (non-hydrogen) atoms. The van der Waals surface area contributed by atoms with E-state index in [4.69, 9.17) is 4.74 Å².